The van der Waals surface area contributed by atoms with Crippen molar-refractivity contribution in [2.75, 3.05) is 6.54 Å². The maximum atomic E-state index is 12.0. The number of hydrogen-bond donors (Lipinski definition) is 2. The normalized spacial score (nSPS) is 15.6. The van der Waals surface area contributed by atoms with Crippen LogP contribution in [0.25, 0.3) is 0 Å². The summed E-state index contributed by atoms with van der Waals surface area (Å²) in [5.41, 5.74) is 6.66. The first-order valence-electron chi connectivity index (χ1n) is 5.48. The first-order chi connectivity index (χ1) is 7.84. The Morgan fingerprint density at radius 1 is 1.47 bits per heavy atom. The summed E-state index contributed by atoms with van der Waals surface area (Å²) in [4.78, 5) is 0. The first kappa shape index (κ1) is 14.8. The van der Waals surface area contributed by atoms with Gasteiger partial charge >= 0.3 is 0 Å². The maximum absolute atomic E-state index is 12.0. The van der Waals surface area contributed by atoms with Crippen LogP contribution in [0.4, 0.5) is 0 Å². The summed E-state index contributed by atoms with van der Waals surface area (Å²) < 4.78 is 14.7. The molecule has 0 aliphatic carbocycles. The molecule has 0 aliphatic rings. The highest BCUT2D eigenvalue weighted by Crippen LogP contribution is 2.21. The number of rotatable bonds is 4. The zero-order chi connectivity index (χ0) is 13.1. The van der Waals surface area contributed by atoms with Gasteiger partial charge in [0.25, 0.3) is 0 Å². The van der Waals surface area contributed by atoms with E-state index in [0.717, 1.165) is 5.56 Å². The van der Waals surface area contributed by atoms with E-state index in [-0.39, 0.29) is 10.8 Å². The average molecular weight is 275 g/mol. The second kappa shape index (κ2) is 6.07. The van der Waals surface area contributed by atoms with Gasteiger partial charge in [0.15, 0.2) is 0 Å². The molecule has 0 aliphatic heterocycles. The highest BCUT2D eigenvalue weighted by Gasteiger charge is 2.29. The molecule has 0 aromatic heterocycles. The van der Waals surface area contributed by atoms with Crippen LogP contribution in [0.5, 0.6) is 0 Å². The van der Waals surface area contributed by atoms with E-state index >= 15 is 0 Å². The minimum Gasteiger partial charge on any atom is -0.598 e. The zero-order valence-corrected chi connectivity index (χ0v) is 11.9. The van der Waals surface area contributed by atoms with Gasteiger partial charge in [0, 0.05) is 22.9 Å². The van der Waals surface area contributed by atoms with Crippen LogP contribution in [0.3, 0.4) is 0 Å². The Morgan fingerprint density at radius 2 is 2.12 bits per heavy atom. The summed E-state index contributed by atoms with van der Waals surface area (Å²) in [7, 11) is 0. The van der Waals surface area contributed by atoms with Crippen LogP contribution in [0.1, 0.15) is 32.4 Å². The van der Waals surface area contributed by atoms with Crippen molar-refractivity contribution in [3.63, 3.8) is 0 Å². The summed E-state index contributed by atoms with van der Waals surface area (Å²) in [5, 5.41) is 0.657. The van der Waals surface area contributed by atoms with Crippen molar-refractivity contribution >= 4 is 23.0 Å². The topological polar surface area (TPSA) is 61.1 Å². The van der Waals surface area contributed by atoms with E-state index in [4.69, 9.17) is 17.3 Å². The number of halogens is 1. The molecular formula is C12H19ClN2OS. The van der Waals surface area contributed by atoms with Crippen molar-refractivity contribution in [1.82, 2.24) is 4.72 Å². The lowest BCUT2D eigenvalue weighted by molar-refractivity contribution is 0.525. The Bertz CT molecular complexity index is 368. The summed E-state index contributed by atoms with van der Waals surface area (Å²) in [6.07, 6.45) is 0. The third kappa shape index (κ3) is 4.48. The molecule has 0 radical (unpaired) electrons. The van der Waals surface area contributed by atoms with Gasteiger partial charge in [0.2, 0.25) is 0 Å². The predicted octanol–water partition coefficient (Wildman–Crippen LogP) is 2.39. The quantitative estimate of drug-likeness (QED) is 0.829. The molecule has 1 rings (SSSR count). The van der Waals surface area contributed by atoms with Crippen LogP contribution in [0.15, 0.2) is 24.3 Å². The Labute approximate surface area is 111 Å². The smallest absolute Gasteiger partial charge is 0.136 e. The van der Waals surface area contributed by atoms with E-state index in [2.05, 4.69) is 4.72 Å². The van der Waals surface area contributed by atoms with Gasteiger partial charge in [-0.05, 0) is 38.5 Å². The van der Waals surface area contributed by atoms with Gasteiger partial charge in [-0.1, -0.05) is 23.7 Å². The van der Waals surface area contributed by atoms with Crippen molar-refractivity contribution in [2.24, 2.45) is 5.73 Å². The molecule has 3 nitrogen and oxygen atoms in total. The molecule has 3 N–H and O–H groups in total. The molecule has 1 aromatic rings. The predicted molar refractivity (Wildman–Crippen MR) is 74.3 cm³/mol. The summed E-state index contributed by atoms with van der Waals surface area (Å²) >= 11 is 4.78. The lowest BCUT2D eigenvalue weighted by atomic mass is 10.1. The fourth-order valence-corrected chi connectivity index (χ4v) is 2.32. The van der Waals surface area contributed by atoms with Crippen molar-refractivity contribution < 1.29 is 4.55 Å². The number of benzene rings is 1. The monoisotopic (exact) mass is 274 g/mol. The molecule has 5 heteroatoms. The maximum Gasteiger partial charge on any atom is 0.136 e. The molecule has 0 saturated heterocycles. The van der Waals surface area contributed by atoms with E-state index in [1.54, 1.807) is 6.07 Å². The third-order valence-corrected chi connectivity index (χ3v) is 4.14. The second-order valence-electron chi connectivity index (χ2n) is 4.84. The molecule has 96 valence electrons. The standard InChI is InChI=1S/C12H19ClN2OS/c1-12(2,3)17(16)15-11(8-14)9-5-4-6-10(13)7-9/h4-7,11,15H,8,14H2,1-3H3/t11-,17?/m1/s1. The molecule has 0 bridgehead atoms. The lowest BCUT2D eigenvalue weighted by Gasteiger charge is -2.27. The Hall–Kier alpha value is -0.260. The zero-order valence-electron chi connectivity index (χ0n) is 10.4. The Morgan fingerprint density at radius 3 is 2.59 bits per heavy atom. The first-order valence-corrected chi connectivity index (χ1v) is 7.01. The minimum absolute atomic E-state index is 0.145. The van der Waals surface area contributed by atoms with Crippen LogP contribution < -0.4 is 10.5 Å². The fraction of sp³-hybridized carbons (Fsp3) is 0.500. The van der Waals surface area contributed by atoms with Crippen LogP contribution in [-0.2, 0) is 11.4 Å². The molecule has 0 fully saturated rings. The van der Waals surface area contributed by atoms with Gasteiger partial charge in [-0.25, -0.2) is 0 Å². The van der Waals surface area contributed by atoms with E-state index in [1.165, 1.54) is 0 Å². The summed E-state index contributed by atoms with van der Waals surface area (Å²) in [5.74, 6) is 0. The molecular weight excluding hydrogens is 256 g/mol. The molecule has 2 atom stereocenters. The highest BCUT2D eigenvalue weighted by molar-refractivity contribution is 7.90. The molecule has 0 spiro atoms. The Balaban J connectivity index is 2.79. The van der Waals surface area contributed by atoms with Crippen LogP contribution in [0, 0.1) is 0 Å². The highest BCUT2D eigenvalue weighted by atomic mass is 35.5. The minimum atomic E-state index is -1.15. The van der Waals surface area contributed by atoms with E-state index < -0.39 is 11.4 Å². The van der Waals surface area contributed by atoms with Crippen molar-refractivity contribution in [3.8, 4) is 0 Å². The van der Waals surface area contributed by atoms with E-state index in [0.29, 0.717) is 11.6 Å². The van der Waals surface area contributed by atoms with Crippen LogP contribution in [-0.4, -0.2) is 15.8 Å². The Kier molecular flexibility index (Phi) is 5.28. The number of hydrogen-bond acceptors (Lipinski definition) is 3. The van der Waals surface area contributed by atoms with Gasteiger partial charge < -0.3 is 10.3 Å². The van der Waals surface area contributed by atoms with Gasteiger partial charge in [0.05, 0.1) is 6.04 Å². The fourth-order valence-electron chi connectivity index (χ4n) is 1.28. The average Bonchev–Trinajstić information content (AvgIpc) is 2.24. The van der Waals surface area contributed by atoms with Gasteiger partial charge in [-0.15, -0.1) is 4.72 Å². The number of nitrogens with one attached hydrogen (secondary N) is 1. The summed E-state index contributed by atoms with van der Waals surface area (Å²) in [6, 6.07) is 7.29. The van der Waals surface area contributed by atoms with E-state index in [9.17, 15) is 4.55 Å². The van der Waals surface area contributed by atoms with Gasteiger partial charge in [-0.3, -0.25) is 0 Å². The van der Waals surface area contributed by atoms with Crippen molar-refractivity contribution in [1.29, 1.82) is 0 Å². The van der Waals surface area contributed by atoms with Crippen molar-refractivity contribution in [2.45, 2.75) is 31.6 Å². The molecule has 0 heterocycles. The lowest BCUT2D eigenvalue weighted by Crippen LogP contribution is -2.43. The van der Waals surface area contributed by atoms with Crippen LogP contribution >= 0.6 is 11.6 Å². The molecule has 17 heavy (non-hydrogen) atoms. The van der Waals surface area contributed by atoms with Gasteiger partial charge in [0.1, 0.15) is 4.75 Å². The molecule has 1 unspecified atom stereocenters. The summed E-state index contributed by atoms with van der Waals surface area (Å²) in [6.45, 7) is 6.13. The molecule has 0 saturated carbocycles. The largest absolute Gasteiger partial charge is 0.598 e. The van der Waals surface area contributed by atoms with Crippen molar-refractivity contribution in [3.05, 3.63) is 34.9 Å². The number of nitrogens with two attached hydrogens (primary N) is 1. The molecule has 0 amide bonds. The second-order valence-corrected chi connectivity index (χ2v) is 7.28. The van der Waals surface area contributed by atoms with E-state index in [1.807, 2.05) is 39.0 Å². The SMILES string of the molecule is CC(C)(C)[S+]([O-])N[C@H](CN)c1cccc(Cl)c1. The third-order valence-electron chi connectivity index (χ3n) is 2.29. The van der Waals surface area contributed by atoms with Crippen LogP contribution in [0.2, 0.25) is 5.02 Å². The van der Waals surface area contributed by atoms with Gasteiger partial charge in [-0.2, -0.15) is 0 Å². The molecule has 1 aromatic carbocycles.